The summed E-state index contributed by atoms with van der Waals surface area (Å²) in [6.07, 6.45) is 0. The summed E-state index contributed by atoms with van der Waals surface area (Å²) >= 11 is 0. The fourth-order valence-corrected chi connectivity index (χ4v) is 3.23. The van der Waals surface area contributed by atoms with Crippen molar-refractivity contribution in [2.75, 3.05) is 0 Å². The molecule has 0 aliphatic rings. The van der Waals surface area contributed by atoms with Crippen molar-refractivity contribution in [1.29, 1.82) is 0 Å². The molecule has 0 aliphatic heterocycles. The Hall–Kier alpha value is -3.37. The van der Waals surface area contributed by atoms with Crippen LogP contribution in [-0.2, 0) is 6.54 Å². The van der Waals surface area contributed by atoms with Crippen molar-refractivity contribution in [1.82, 2.24) is 4.98 Å². The third kappa shape index (κ3) is 3.35. The van der Waals surface area contributed by atoms with Crippen LogP contribution in [-0.4, -0.2) is 15.8 Å². The van der Waals surface area contributed by atoms with Crippen molar-refractivity contribution < 1.29 is 5.11 Å². The minimum atomic E-state index is 0.122. The molecule has 0 spiro atoms. The quantitative estimate of drug-likeness (QED) is 0.460. The summed E-state index contributed by atoms with van der Waals surface area (Å²) in [7, 11) is 0. The van der Waals surface area contributed by atoms with Gasteiger partial charge >= 0.3 is 0 Å². The Kier molecular flexibility index (Phi) is 4.48. The van der Waals surface area contributed by atoms with Gasteiger partial charge in [-0.1, -0.05) is 54.6 Å². The van der Waals surface area contributed by atoms with Gasteiger partial charge < -0.3 is 15.8 Å². The van der Waals surface area contributed by atoms with Crippen molar-refractivity contribution in [2.24, 2.45) is 10.7 Å². The number of nitrogens with zero attached hydrogens (tertiary/aromatic N) is 1. The van der Waals surface area contributed by atoms with E-state index in [0.29, 0.717) is 12.1 Å². The zero-order valence-corrected chi connectivity index (χ0v) is 15.1. The summed E-state index contributed by atoms with van der Waals surface area (Å²) in [4.78, 5) is 7.96. The van der Waals surface area contributed by atoms with Gasteiger partial charge in [0.05, 0.1) is 17.0 Å². The van der Waals surface area contributed by atoms with Crippen molar-refractivity contribution in [2.45, 2.75) is 13.5 Å². The molecular weight excluding hydrogens is 334 g/mol. The molecule has 27 heavy (non-hydrogen) atoms. The lowest BCUT2D eigenvalue weighted by atomic mass is 10.00. The SMILES string of the molecule is Cc1ccc2c(C(=Nc3ccc(CN)cc3)c3ccccc3)c(O)[nH]c2c1. The van der Waals surface area contributed by atoms with Crippen LogP contribution in [0.3, 0.4) is 0 Å². The summed E-state index contributed by atoms with van der Waals surface area (Å²) in [6.45, 7) is 2.53. The van der Waals surface area contributed by atoms with Crippen LogP contribution < -0.4 is 5.73 Å². The first-order valence-corrected chi connectivity index (χ1v) is 8.90. The summed E-state index contributed by atoms with van der Waals surface area (Å²) < 4.78 is 0. The predicted molar refractivity (Wildman–Crippen MR) is 111 cm³/mol. The van der Waals surface area contributed by atoms with E-state index in [-0.39, 0.29) is 5.88 Å². The monoisotopic (exact) mass is 355 g/mol. The van der Waals surface area contributed by atoms with Gasteiger partial charge in [0.1, 0.15) is 0 Å². The summed E-state index contributed by atoms with van der Waals surface area (Å²) in [5.74, 6) is 0.122. The highest BCUT2D eigenvalue weighted by Gasteiger charge is 2.18. The van der Waals surface area contributed by atoms with Crippen LogP contribution in [0.5, 0.6) is 5.88 Å². The molecule has 1 aromatic heterocycles. The van der Waals surface area contributed by atoms with E-state index in [1.54, 1.807) is 0 Å². The number of nitrogens with two attached hydrogens (primary N) is 1. The number of rotatable bonds is 4. The second kappa shape index (κ2) is 7.09. The zero-order chi connectivity index (χ0) is 18.8. The highest BCUT2D eigenvalue weighted by molar-refractivity contribution is 6.21. The first-order chi connectivity index (χ1) is 13.2. The zero-order valence-electron chi connectivity index (χ0n) is 15.1. The molecule has 0 fully saturated rings. The second-order valence-corrected chi connectivity index (χ2v) is 6.59. The summed E-state index contributed by atoms with van der Waals surface area (Å²) in [5.41, 5.74) is 12.0. The Morgan fingerprint density at radius 2 is 1.74 bits per heavy atom. The lowest BCUT2D eigenvalue weighted by molar-refractivity contribution is 0.457. The van der Waals surface area contributed by atoms with Crippen LogP contribution in [0.25, 0.3) is 10.9 Å². The standard InChI is InChI=1S/C23H21N3O/c1-15-7-12-19-20(13-15)26-23(27)21(19)22(17-5-3-2-4-6-17)25-18-10-8-16(14-24)9-11-18/h2-13,26-27H,14,24H2,1H3. The average Bonchev–Trinajstić information content (AvgIpc) is 3.02. The number of hydrogen-bond acceptors (Lipinski definition) is 3. The van der Waals surface area contributed by atoms with Gasteiger partial charge in [0.15, 0.2) is 5.88 Å². The maximum atomic E-state index is 10.7. The fraction of sp³-hybridized carbons (Fsp3) is 0.0870. The molecule has 4 aromatic rings. The number of aromatic hydroxyl groups is 1. The number of aromatic amines is 1. The average molecular weight is 355 g/mol. The molecule has 0 atom stereocenters. The van der Waals surface area contributed by atoms with Crippen LogP contribution in [0.4, 0.5) is 5.69 Å². The van der Waals surface area contributed by atoms with Gasteiger partial charge in [-0.3, -0.25) is 0 Å². The topological polar surface area (TPSA) is 74.4 Å². The number of hydrogen-bond donors (Lipinski definition) is 3. The van der Waals surface area contributed by atoms with Gasteiger partial charge in [0.25, 0.3) is 0 Å². The smallest absolute Gasteiger partial charge is 0.199 e. The van der Waals surface area contributed by atoms with E-state index in [0.717, 1.165) is 39.0 Å². The lowest BCUT2D eigenvalue weighted by Gasteiger charge is -2.08. The number of nitrogens with one attached hydrogen (secondary N) is 1. The number of benzene rings is 3. The molecule has 4 heteroatoms. The van der Waals surface area contributed by atoms with Crippen molar-refractivity contribution >= 4 is 22.3 Å². The van der Waals surface area contributed by atoms with E-state index in [4.69, 9.17) is 10.7 Å². The van der Waals surface area contributed by atoms with Crippen molar-refractivity contribution in [3.8, 4) is 5.88 Å². The molecule has 0 aliphatic carbocycles. The molecular formula is C23H21N3O. The minimum Gasteiger partial charge on any atom is -0.494 e. The molecule has 4 rings (SSSR count). The first-order valence-electron chi connectivity index (χ1n) is 8.90. The first kappa shape index (κ1) is 17.1. The highest BCUT2D eigenvalue weighted by Crippen LogP contribution is 2.32. The van der Waals surface area contributed by atoms with Crippen LogP contribution in [0.1, 0.15) is 22.3 Å². The largest absolute Gasteiger partial charge is 0.494 e. The van der Waals surface area contributed by atoms with Gasteiger partial charge in [-0.05, 0) is 36.2 Å². The fourth-order valence-electron chi connectivity index (χ4n) is 3.23. The Labute approximate surface area is 158 Å². The van der Waals surface area contributed by atoms with E-state index >= 15 is 0 Å². The Morgan fingerprint density at radius 1 is 1.00 bits per heavy atom. The maximum Gasteiger partial charge on any atom is 0.199 e. The van der Waals surface area contributed by atoms with Crippen LogP contribution in [0.2, 0.25) is 0 Å². The Bertz CT molecular complexity index is 1110. The third-order valence-corrected chi connectivity index (χ3v) is 4.63. The van der Waals surface area contributed by atoms with Gasteiger partial charge in [-0.15, -0.1) is 0 Å². The number of H-pyrrole nitrogens is 1. The van der Waals surface area contributed by atoms with Crippen LogP contribution >= 0.6 is 0 Å². The second-order valence-electron chi connectivity index (χ2n) is 6.59. The molecule has 0 bridgehead atoms. The van der Waals surface area contributed by atoms with Gasteiger partial charge in [-0.2, -0.15) is 0 Å². The third-order valence-electron chi connectivity index (χ3n) is 4.63. The van der Waals surface area contributed by atoms with E-state index in [2.05, 4.69) is 4.98 Å². The maximum absolute atomic E-state index is 10.7. The molecule has 0 unspecified atom stereocenters. The molecule has 4 N–H and O–H groups in total. The Balaban J connectivity index is 1.94. The van der Waals surface area contributed by atoms with E-state index in [1.165, 1.54) is 0 Å². The number of aromatic nitrogens is 1. The highest BCUT2D eigenvalue weighted by atomic mass is 16.3. The molecule has 0 saturated carbocycles. The predicted octanol–water partition coefficient (Wildman–Crippen LogP) is 4.81. The van der Waals surface area contributed by atoms with Crippen molar-refractivity contribution in [3.63, 3.8) is 0 Å². The van der Waals surface area contributed by atoms with Crippen LogP contribution in [0, 0.1) is 6.92 Å². The van der Waals surface area contributed by atoms with Crippen LogP contribution in [0.15, 0.2) is 77.8 Å². The molecule has 0 radical (unpaired) electrons. The molecule has 0 amide bonds. The minimum absolute atomic E-state index is 0.122. The summed E-state index contributed by atoms with van der Waals surface area (Å²) in [6, 6.07) is 23.8. The van der Waals surface area contributed by atoms with Crippen molar-refractivity contribution in [3.05, 3.63) is 95.1 Å². The molecule has 4 nitrogen and oxygen atoms in total. The van der Waals surface area contributed by atoms with E-state index < -0.39 is 0 Å². The van der Waals surface area contributed by atoms with Gasteiger partial charge in [0.2, 0.25) is 0 Å². The number of aryl methyl sites for hydroxylation is 1. The molecule has 3 aromatic carbocycles. The number of aliphatic imine (C=N–C) groups is 1. The van der Waals surface area contributed by atoms with E-state index in [1.807, 2.05) is 79.7 Å². The van der Waals surface area contributed by atoms with E-state index in [9.17, 15) is 5.11 Å². The summed E-state index contributed by atoms with van der Waals surface area (Å²) in [5, 5.41) is 11.6. The number of fused-ring (bicyclic) bond motifs is 1. The molecule has 0 saturated heterocycles. The molecule has 1 heterocycles. The van der Waals surface area contributed by atoms with Gasteiger partial charge in [-0.25, -0.2) is 4.99 Å². The molecule has 134 valence electrons. The normalized spacial score (nSPS) is 11.9. The lowest BCUT2D eigenvalue weighted by Crippen LogP contribution is -2.03. The Morgan fingerprint density at radius 3 is 2.44 bits per heavy atom. The van der Waals surface area contributed by atoms with Gasteiger partial charge in [0, 0.05) is 23.0 Å².